The lowest BCUT2D eigenvalue weighted by atomic mass is 10.2. The zero-order valence-corrected chi connectivity index (χ0v) is 15.6. The number of nitrogens with one attached hydrogen (secondary N) is 2. The smallest absolute Gasteiger partial charge is 0.370 e. The van der Waals surface area contributed by atoms with Crippen molar-refractivity contribution in [1.82, 2.24) is 5.32 Å². The van der Waals surface area contributed by atoms with E-state index < -0.39 is 7.60 Å². The van der Waals surface area contributed by atoms with Gasteiger partial charge < -0.3 is 24.0 Å². The number of quaternary nitrogens is 1. The molecule has 0 spiro atoms. The van der Waals surface area contributed by atoms with Gasteiger partial charge >= 0.3 is 7.60 Å². The van der Waals surface area contributed by atoms with Crippen LogP contribution in [0.1, 0.15) is 24.2 Å². The van der Waals surface area contributed by atoms with Gasteiger partial charge in [0.15, 0.2) is 5.44 Å². The minimum atomic E-state index is -3.60. The molecule has 0 saturated carbocycles. The van der Waals surface area contributed by atoms with E-state index in [1.165, 1.54) is 0 Å². The van der Waals surface area contributed by atoms with Gasteiger partial charge in [-0.1, -0.05) is 18.2 Å². The summed E-state index contributed by atoms with van der Waals surface area (Å²) in [4.78, 5) is 13.6. The van der Waals surface area contributed by atoms with Crippen molar-refractivity contribution in [2.75, 3.05) is 39.5 Å². The Hall–Kier alpha value is -1.50. The quantitative estimate of drug-likeness (QED) is 0.678. The van der Waals surface area contributed by atoms with E-state index in [0.717, 1.165) is 18.0 Å². The van der Waals surface area contributed by atoms with Crippen molar-refractivity contribution in [3.63, 3.8) is 0 Å². The van der Waals surface area contributed by atoms with Crippen LogP contribution in [0.2, 0.25) is 0 Å². The second kappa shape index (κ2) is 9.85. The maximum Gasteiger partial charge on any atom is 0.382 e. The third kappa shape index (κ3) is 5.76. The van der Waals surface area contributed by atoms with Gasteiger partial charge in [-0.3, -0.25) is 9.36 Å². The minimum absolute atomic E-state index is 0.182. The van der Waals surface area contributed by atoms with Gasteiger partial charge in [0.1, 0.15) is 19.3 Å². The molecule has 0 aromatic heterocycles. The van der Waals surface area contributed by atoms with Crippen LogP contribution in [0.25, 0.3) is 0 Å². The van der Waals surface area contributed by atoms with Crippen molar-refractivity contribution in [3.8, 4) is 0 Å². The molecule has 1 aromatic rings. The number of carbonyl (C=O) groups is 1. The fourth-order valence-corrected chi connectivity index (χ4v) is 4.06. The van der Waals surface area contributed by atoms with E-state index in [2.05, 4.69) is 5.32 Å². The highest BCUT2D eigenvalue weighted by molar-refractivity contribution is 7.58. The van der Waals surface area contributed by atoms with Crippen molar-refractivity contribution >= 4 is 13.5 Å². The Morgan fingerprint density at radius 2 is 1.80 bits per heavy atom. The van der Waals surface area contributed by atoms with Crippen molar-refractivity contribution in [1.29, 1.82) is 0 Å². The second-order valence-corrected chi connectivity index (χ2v) is 7.45. The van der Waals surface area contributed by atoms with E-state index >= 15 is 0 Å². The van der Waals surface area contributed by atoms with Crippen LogP contribution in [0.15, 0.2) is 42.0 Å². The summed E-state index contributed by atoms with van der Waals surface area (Å²) >= 11 is 0. The van der Waals surface area contributed by atoms with E-state index in [1.807, 2.05) is 6.07 Å². The average molecular weight is 369 g/mol. The molecule has 138 valence electrons. The van der Waals surface area contributed by atoms with E-state index in [-0.39, 0.29) is 24.6 Å². The van der Waals surface area contributed by atoms with Crippen LogP contribution >= 0.6 is 7.60 Å². The predicted octanol–water partition coefficient (Wildman–Crippen LogP) is 1.40. The molecule has 0 bridgehead atoms. The first-order chi connectivity index (χ1) is 12.1. The van der Waals surface area contributed by atoms with Crippen LogP contribution in [0, 0.1) is 0 Å². The molecule has 0 unspecified atom stereocenters. The van der Waals surface area contributed by atoms with Gasteiger partial charge in [0.05, 0.1) is 26.4 Å². The van der Waals surface area contributed by atoms with Gasteiger partial charge in [-0.05, 0) is 26.0 Å². The molecule has 0 aliphatic carbocycles. The van der Waals surface area contributed by atoms with Crippen LogP contribution in [-0.4, -0.2) is 45.4 Å². The summed E-state index contributed by atoms with van der Waals surface area (Å²) in [7, 11) is -3.60. The second-order valence-electron chi connectivity index (χ2n) is 5.45. The average Bonchev–Trinajstić information content (AvgIpc) is 2.63. The summed E-state index contributed by atoms with van der Waals surface area (Å²) in [6.45, 7) is 6.58. The van der Waals surface area contributed by atoms with Gasteiger partial charge in [-0.25, -0.2) is 0 Å². The Labute approximate surface area is 148 Å². The standard InChI is InChI=1S/C17H25N2O5P/c1-3-23-25(21,24-4-2)16(14-19-10-12-22-13-11-19)18-17(20)15-8-6-5-7-9-15/h5-9,14H,3-4,10-13H2,1-2H3,(H,18,20)/p+1/b16-14-. The summed E-state index contributed by atoms with van der Waals surface area (Å²) in [5, 5.41) is 2.74. The summed E-state index contributed by atoms with van der Waals surface area (Å²) < 4.78 is 29.4. The van der Waals surface area contributed by atoms with Gasteiger partial charge in [-0.15, -0.1) is 0 Å². The number of carbonyl (C=O) groups excluding carboxylic acids is 1. The third-order valence-corrected chi connectivity index (χ3v) is 5.67. The molecule has 1 amide bonds. The first kappa shape index (κ1) is 19.8. The molecular weight excluding hydrogens is 343 g/mol. The van der Waals surface area contributed by atoms with Crippen LogP contribution in [0.5, 0.6) is 0 Å². The Bertz CT molecular complexity index is 619. The monoisotopic (exact) mass is 369 g/mol. The number of ether oxygens (including phenoxy) is 1. The number of benzene rings is 1. The van der Waals surface area contributed by atoms with Crippen LogP contribution < -0.4 is 10.2 Å². The number of morpholine rings is 1. The Morgan fingerprint density at radius 3 is 2.36 bits per heavy atom. The van der Waals surface area contributed by atoms with Gasteiger partial charge in [0.2, 0.25) is 0 Å². The Balaban J connectivity index is 2.28. The Morgan fingerprint density at radius 1 is 1.20 bits per heavy atom. The SMILES string of the molecule is CCOP(=O)(OCC)/C(=C\[NH+]1CCOCC1)NC(=O)c1ccccc1. The first-order valence-electron chi connectivity index (χ1n) is 8.49. The van der Waals surface area contributed by atoms with Crippen LogP contribution in [0.3, 0.4) is 0 Å². The maximum absolute atomic E-state index is 13.2. The third-order valence-electron chi connectivity index (χ3n) is 3.65. The summed E-state index contributed by atoms with van der Waals surface area (Å²) in [5.74, 6) is -0.348. The topological polar surface area (TPSA) is 78.3 Å². The molecule has 2 rings (SSSR count). The first-order valence-corrected chi connectivity index (χ1v) is 10.0. The highest BCUT2D eigenvalue weighted by Gasteiger charge is 2.34. The van der Waals surface area contributed by atoms with Crippen molar-refractivity contribution < 1.29 is 28.0 Å². The number of hydrogen-bond acceptors (Lipinski definition) is 5. The molecule has 1 heterocycles. The molecule has 1 aliphatic heterocycles. The van der Waals surface area contributed by atoms with Crippen LogP contribution in [-0.2, 0) is 18.3 Å². The lowest BCUT2D eigenvalue weighted by Gasteiger charge is -2.24. The Kier molecular flexibility index (Phi) is 7.81. The van der Waals surface area contributed by atoms with Crippen LogP contribution in [0.4, 0.5) is 0 Å². The zero-order chi connectivity index (χ0) is 18.1. The normalized spacial score (nSPS) is 16.6. The number of hydrogen-bond donors (Lipinski definition) is 2. The van der Waals surface area contributed by atoms with Crippen molar-refractivity contribution in [3.05, 3.63) is 47.5 Å². The van der Waals surface area contributed by atoms with E-state index in [1.54, 1.807) is 44.3 Å². The minimum Gasteiger partial charge on any atom is -0.370 e. The number of amides is 1. The van der Waals surface area contributed by atoms with Crippen molar-refractivity contribution in [2.45, 2.75) is 13.8 Å². The lowest BCUT2D eigenvalue weighted by Crippen LogP contribution is -3.10. The van der Waals surface area contributed by atoms with Gasteiger partial charge in [0, 0.05) is 5.56 Å². The van der Waals surface area contributed by atoms with E-state index in [0.29, 0.717) is 18.8 Å². The molecule has 8 heteroatoms. The molecule has 25 heavy (non-hydrogen) atoms. The lowest BCUT2D eigenvalue weighted by molar-refractivity contribution is -0.856. The number of rotatable bonds is 8. The molecular formula is C17H26N2O5P+. The summed E-state index contributed by atoms with van der Waals surface area (Å²) in [6, 6.07) is 8.77. The maximum atomic E-state index is 13.2. The fraction of sp³-hybridized carbons (Fsp3) is 0.471. The van der Waals surface area contributed by atoms with Crippen molar-refractivity contribution in [2.24, 2.45) is 0 Å². The molecule has 1 fully saturated rings. The van der Waals surface area contributed by atoms with Gasteiger partial charge in [-0.2, -0.15) is 0 Å². The molecule has 1 saturated heterocycles. The largest absolute Gasteiger partial charge is 0.382 e. The highest BCUT2D eigenvalue weighted by Crippen LogP contribution is 2.54. The molecule has 2 N–H and O–H groups in total. The molecule has 0 atom stereocenters. The van der Waals surface area contributed by atoms with E-state index in [4.69, 9.17) is 13.8 Å². The molecule has 1 aliphatic rings. The fourth-order valence-electron chi connectivity index (χ4n) is 2.45. The summed E-state index contributed by atoms with van der Waals surface area (Å²) in [6.07, 6.45) is 1.73. The van der Waals surface area contributed by atoms with Gasteiger partial charge in [0.25, 0.3) is 5.91 Å². The molecule has 0 radical (unpaired) electrons. The highest BCUT2D eigenvalue weighted by atomic mass is 31.2. The molecule has 1 aromatic carbocycles. The summed E-state index contributed by atoms with van der Waals surface area (Å²) in [5.41, 5.74) is 0.659. The van der Waals surface area contributed by atoms with E-state index in [9.17, 15) is 9.36 Å². The zero-order valence-electron chi connectivity index (χ0n) is 14.7. The predicted molar refractivity (Wildman–Crippen MR) is 94.4 cm³/mol. The molecule has 7 nitrogen and oxygen atoms in total.